The lowest BCUT2D eigenvalue weighted by atomic mass is 10.2. The molecule has 0 aliphatic carbocycles. The standard InChI is InChI=1S/C12H18Cl2N2O2S/c1-2-3-4-5-6-16-19(17,18)12-10(14)7-9(13)8-11(12)15/h7-8,16H,2-6,15H2,1H3. The Labute approximate surface area is 124 Å². The average Bonchev–Trinajstić information content (AvgIpc) is 2.26. The first-order valence-corrected chi connectivity index (χ1v) is 8.36. The van der Waals surface area contributed by atoms with E-state index in [1.54, 1.807) is 0 Å². The third-order valence-electron chi connectivity index (χ3n) is 2.63. The van der Waals surface area contributed by atoms with Crippen LogP contribution in [0.15, 0.2) is 17.0 Å². The molecule has 1 rings (SSSR count). The Hall–Kier alpha value is -0.490. The van der Waals surface area contributed by atoms with Crippen molar-refractivity contribution in [2.24, 2.45) is 0 Å². The van der Waals surface area contributed by atoms with Crippen LogP contribution in [0.25, 0.3) is 0 Å². The number of hydrogen-bond acceptors (Lipinski definition) is 3. The summed E-state index contributed by atoms with van der Waals surface area (Å²) in [6.45, 7) is 2.47. The third kappa shape index (κ3) is 4.84. The first kappa shape index (κ1) is 16.6. The molecule has 19 heavy (non-hydrogen) atoms. The molecular weight excluding hydrogens is 307 g/mol. The van der Waals surface area contributed by atoms with E-state index in [2.05, 4.69) is 11.6 Å². The molecule has 108 valence electrons. The van der Waals surface area contributed by atoms with Crippen LogP contribution in [0.4, 0.5) is 5.69 Å². The summed E-state index contributed by atoms with van der Waals surface area (Å²) in [4.78, 5) is -0.103. The molecule has 7 heteroatoms. The summed E-state index contributed by atoms with van der Waals surface area (Å²) in [5.41, 5.74) is 5.73. The molecule has 3 N–H and O–H groups in total. The molecule has 0 unspecified atom stereocenters. The molecule has 1 aromatic carbocycles. The van der Waals surface area contributed by atoms with Crippen molar-refractivity contribution in [3.05, 3.63) is 22.2 Å². The van der Waals surface area contributed by atoms with Gasteiger partial charge in [-0.2, -0.15) is 0 Å². The van der Waals surface area contributed by atoms with Crippen LogP contribution in [-0.4, -0.2) is 15.0 Å². The first-order chi connectivity index (χ1) is 8.88. The second-order valence-corrected chi connectivity index (χ2v) is 6.81. The minimum Gasteiger partial charge on any atom is -0.398 e. The summed E-state index contributed by atoms with van der Waals surface area (Å²) in [6, 6.07) is 2.74. The van der Waals surface area contributed by atoms with E-state index in [1.165, 1.54) is 12.1 Å². The van der Waals surface area contributed by atoms with Crippen molar-refractivity contribution in [1.82, 2.24) is 4.72 Å². The zero-order chi connectivity index (χ0) is 14.5. The van der Waals surface area contributed by atoms with E-state index < -0.39 is 10.0 Å². The van der Waals surface area contributed by atoms with Gasteiger partial charge in [-0.25, -0.2) is 13.1 Å². The van der Waals surface area contributed by atoms with Crippen molar-refractivity contribution in [3.63, 3.8) is 0 Å². The normalized spacial score (nSPS) is 11.7. The number of halogens is 2. The van der Waals surface area contributed by atoms with Crippen LogP contribution >= 0.6 is 23.2 Å². The van der Waals surface area contributed by atoms with Crippen molar-refractivity contribution in [1.29, 1.82) is 0 Å². The monoisotopic (exact) mass is 324 g/mol. The molecule has 0 radical (unpaired) electrons. The molecular formula is C12H18Cl2N2O2S. The highest BCUT2D eigenvalue weighted by Crippen LogP contribution is 2.30. The number of sulfonamides is 1. The van der Waals surface area contributed by atoms with Gasteiger partial charge in [0.2, 0.25) is 10.0 Å². The van der Waals surface area contributed by atoms with Gasteiger partial charge in [0.25, 0.3) is 0 Å². The van der Waals surface area contributed by atoms with E-state index in [4.69, 9.17) is 28.9 Å². The summed E-state index contributed by atoms with van der Waals surface area (Å²) < 4.78 is 26.7. The molecule has 0 saturated heterocycles. The van der Waals surface area contributed by atoms with Crippen LogP contribution in [0.5, 0.6) is 0 Å². The average molecular weight is 325 g/mol. The van der Waals surface area contributed by atoms with Crippen LogP contribution in [-0.2, 0) is 10.0 Å². The molecule has 0 saturated carbocycles. The smallest absolute Gasteiger partial charge is 0.244 e. The van der Waals surface area contributed by atoms with E-state index in [-0.39, 0.29) is 15.6 Å². The summed E-state index contributed by atoms with van der Waals surface area (Å²) >= 11 is 11.7. The molecule has 0 fully saturated rings. The Morgan fingerprint density at radius 3 is 2.47 bits per heavy atom. The first-order valence-electron chi connectivity index (χ1n) is 6.12. The maximum atomic E-state index is 12.1. The fourth-order valence-electron chi connectivity index (χ4n) is 1.69. The van der Waals surface area contributed by atoms with Crippen molar-refractivity contribution >= 4 is 38.9 Å². The van der Waals surface area contributed by atoms with Crippen LogP contribution in [0, 0.1) is 0 Å². The van der Waals surface area contributed by atoms with Gasteiger partial charge < -0.3 is 5.73 Å². The summed E-state index contributed by atoms with van der Waals surface area (Å²) in [5, 5.41) is 0.343. The second-order valence-electron chi connectivity index (χ2n) is 4.26. The van der Waals surface area contributed by atoms with Crippen LogP contribution < -0.4 is 10.5 Å². The zero-order valence-electron chi connectivity index (χ0n) is 10.7. The predicted octanol–water partition coefficient (Wildman–Crippen LogP) is 3.43. The molecule has 0 aliphatic rings. The summed E-state index contributed by atoms with van der Waals surface area (Å²) in [6.07, 6.45) is 3.97. The van der Waals surface area contributed by atoms with E-state index in [0.29, 0.717) is 11.6 Å². The molecule has 0 atom stereocenters. The largest absolute Gasteiger partial charge is 0.398 e. The Morgan fingerprint density at radius 2 is 1.89 bits per heavy atom. The van der Waals surface area contributed by atoms with E-state index in [0.717, 1.165) is 25.7 Å². The van der Waals surface area contributed by atoms with Gasteiger partial charge in [0.05, 0.1) is 10.7 Å². The van der Waals surface area contributed by atoms with Crippen molar-refractivity contribution in [2.75, 3.05) is 12.3 Å². The lowest BCUT2D eigenvalue weighted by Gasteiger charge is -2.11. The zero-order valence-corrected chi connectivity index (χ0v) is 13.1. The molecule has 0 amide bonds. The van der Waals surface area contributed by atoms with E-state index in [1.807, 2.05) is 0 Å². The van der Waals surface area contributed by atoms with Gasteiger partial charge in [0.15, 0.2) is 0 Å². The Morgan fingerprint density at radius 1 is 1.21 bits per heavy atom. The van der Waals surface area contributed by atoms with Gasteiger partial charge in [-0.1, -0.05) is 49.4 Å². The highest BCUT2D eigenvalue weighted by molar-refractivity contribution is 7.89. The number of nitrogens with two attached hydrogens (primary N) is 1. The van der Waals surface area contributed by atoms with Crippen molar-refractivity contribution in [2.45, 2.75) is 37.5 Å². The Kier molecular flexibility index (Phi) is 6.39. The van der Waals surface area contributed by atoms with Crippen molar-refractivity contribution < 1.29 is 8.42 Å². The predicted molar refractivity (Wildman–Crippen MR) is 80.2 cm³/mol. The molecule has 0 aliphatic heterocycles. The fraction of sp³-hybridized carbons (Fsp3) is 0.500. The quantitative estimate of drug-likeness (QED) is 0.596. The Balaban J connectivity index is 2.78. The maximum Gasteiger partial charge on any atom is 0.244 e. The van der Waals surface area contributed by atoms with Gasteiger partial charge in [-0.3, -0.25) is 0 Å². The SMILES string of the molecule is CCCCCCNS(=O)(=O)c1c(N)cc(Cl)cc1Cl. The highest BCUT2D eigenvalue weighted by atomic mass is 35.5. The lowest BCUT2D eigenvalue weighted by Crippen LogP contribution is -2.26. The molecule has 4 nitrogen and oxygen atoms in total. The van der Waals surface area contributed by atoms with Gasteiger partial charge >= 0.3 is 0 Å². The molecule has 1 aromatic rings. The topological polar surface area (TPSA) is 72.2 Å². The molecule has 0 bridgehead atoms. The van der Waals surface area contributed by atoms with Crippen LogP contribution in [0.1, 0.15) is 32.6 Å². The van der Waals surface area contributed by atoms with Crippen LogP contribution in [0.3, 0.4) is 0 Å². The number of hydrogen-bond donors (Lipinski definition) is 2. The maximum absolute atomic E-state index is 12.1. The molecule has 0 heterocycles. The summed E-state index contributed by atoms with van der Waals surface area (Å²) in [5.74, 6) is 0. The lowest BCUT2D eigenvalue weighted by molar-refractivity contribution is 0.574. The van der Waals surface area contributed by atoms with Gasteiger partial charge in [0.1, 0.15) is 4.90 Å². The highest BCUT2D eigenvalue weighted by Gasteiger charge is 2.21. The van der Waals surface area contributed by atoms with E-state index >= 15 is 0 Å². The molecule has 0 spiro atoms. The second kappa shape index (κ2) is 7.33. The fourth-order valence-corrected chi connectivity index (χ4v) is 3.75. The number of nitrogen functional groups attached to an aromatic ring is 1. The van der Waals surface area contributed by atoms with E-state index in [9.17, 15) is 8.42 Å². The summed E-state index contributed by atoms with van der Waals surface area (Å²) in [7, 11) is -3.69. The number of unbranched alkanes of at least 4 members (excludes halogenated alkanes) is 3. The minimum atomic E-state index is -3.69. The minimum absolute atomic E-state index is 0.0334. The number of nitrogens with one attached hydrogen (secondary N) is 1. The third-order valence-corrected chi connectivity index (χ3v) is 4.83. The number of rotatable bonds is 7. The Bertz CT molecular complexity index is 510. The van der Waals surface area contributed by atoms with Crippen molar-refractivity contribution in [3.8, 4) is 0 Å². The van der Waals surface area contributed by atoms with Crippen LogP contribution in [0.2, 0.25) is 10.0 Å². The number of benzene rings is 1. The number of anilines is 1. The van der Waals surface area contributed by atoms with Gasteiger partial charge in [-0.15, -0.1) is 0 Å². The molecule has 0 aromatic heterocycles. The van der Waals surface area contributed by atoms with Gasteiger partial charge in [0, 0.05) is 11.6 Å². The van der Waals surface area contributed by atoms with Gasteiger partial charge in [-0.05, 0) is 18.6 Å².